The van der Waals surface area contributed by atoms with E-state index in [1.807, 2.05) is 13.8 Å². The molecule has 76 valence electrons. The van der Waals surface area contributed by atoms with Crippen molar-refractivity contribution in [3.8, 4) is 0 Å². The first kappa shape index (κ1) is 9.76. The van der Waals surface area contributed by atoms with Crippen molar-refractivity contribution in [2.75, 3.05) is 11.5 Å². The summed E-state index contributed by atoms with van der Waals surface area (Å²) >= 11 is 0. The SMILES string of the molecule is CC1(C)OC2CSS(=O)(=O)CC2O1. The van der Waals surface area contributed by atoms with Gasteiger partial charge >= 0.3 is 0 Å². The van der Waals surface area contributed by atoms with Gasteiger partial charge in [-0.05, 0) is 24.6 Å². The Hall–Kier alpha value is 0.220. The molecule has 0 saturated carbocycles. The van der Waals surface area contributed by atoms with Crippen LogP contribution in [-0.2, 0) is 18.3 Å². The molecule has 0 bridgehead atoms. The zero-order valence-corrected chi connectivity index (χ0v) is 9.15. The van der Waals surface area contributed by atoms with Gasteiger partial charge in [0.2, 0.25) is 8.87 Å². The third-order valence-electron chi connectivity index (χ3n) is 2.07. The molecular formula is C7H12O4S2. The van der Waals surface area contributed by atoms with Gasteiger partial charge in [0, 0.05) is 5.75 Å². The Morgan fingerprint density at radius 2 is 1.92 bits per heavy atom. The van der Waals surface area contributed by atoms with Crippen LogP contribution in [0, 0.1) is 0 Å². The first-order valence-corrected chi connectivity index (χ1v) is 7.26. The van der Waals surface area contributed by atoms with Crippen molar-refractivity contribution < 1.29 is 17.9 Å². The lowest BCUT2D eigenvalue weighted by atomic mass is 10.3. The molecule has 2 unspecified atom stereocenters. The third-order valence-corrected chi connectivity index (χ3v) is 5.52. The van der Waals surface area contributed by atoms with E-state index < -0.39 is 14.7 Å². The fourth-order valence-electron chi connectivity index (χ4n) is 1.61. The predicted octanol–water partition coefficient (Wildman–Crippen LogP) is 0.583. The average Bonchev–Trinajstić information content (AvgIpc) is 2.20. The molecule has 0 aromatic rings. The van der Waals surface area contributed by atoms with Gasteiger partial charge < -0.3 is 9.47 Å². The fourth-order valence-corrected chi connectivity index (χ4v) is 4.73. The summed E-state index contributed by atoms with van der Waals surface area (Å²) in [7, 11) is -2.01. The van der Waals surface area contributed by atoms with Crippen molar-refractivity contribution in [1.29, 1.82) is 0 Å². The number of ether oxygens (including phenoxy) is 2. The number of fused-ring (bicyclic) bond motifs is 1. The maximum Gasteiger partial charge on any atom is 0.204 e. The summed E-state index contributed by atoms with van der Waals surface area (Å²) in [6.07, 6.45) is -0.343. The molecule has 13 heavy (non-hydrogen) atoms. The van der Waals surface area contributed by atoms with Crippen LogP contribution in [-0.4, -0.2) is 37.9 Å². The Morgan fingerprint density at radius 3 is 2.62 bits per heavy atom. The van der Waals surface area contributed by atoms with Gasteiger partial charge in [0.25, 0.3) is 0 Å². The lowest BCUT2D eigenvalue weighted by molar-refractivity contribution is -0.142. The highest BCUT2D eigenvalue weighted by molar-refractivity contribution is 8.72. The van der Waals surface area contributed by atoms with Crippen LogP contribution in [0.3, 0.4) is 0 Å². The van der Waals surface area contributed by atoms with Crippen molar-refractivity contribution in [2.45, 2.75) is 31.8 Å². The molecule has 2 aliphatic heterocycles. The molecule has 2 rings (SSSR count). The molecule has 2 atom stereocenters. The fraction of sp³-hybridized carbons (Fsp3) is 1.00. The molecule has 4 nitrogen and oxygen atoms in total. The van der Waals surface area contributed by atoms with Crippen LogP contribution in [0.1, 0.15) is 13.8 Å². The van der Waals surface area contributed by atoms with Crippen LogP contribution in [0.2, 0.25) is 0 Å². The molecule has 0 aliphatic carbocycles. The van der Waals surface area contributed by atoms with Crippen LogP contribution in [0.25, 0.3) is 0 Å². The molecule has 6 heteroatoms. The topological polar surface area (TPSA) is 52.6 Å². The summed E-state index contributed by atoms with van der Waals surface area (Å²) in [5, 5.41) is 0. The second-order valence-corrected chi connectivity index (χ2v) is 7.97. The van der Waals surface area contributed by atoms with Gasteiger partial charge in [0.15, 0.2) is 5.79 Å². The Balaban J connectivity index is 2.15. The number of hydrogen-bond acceptors (Lipinski definition) is 5. The maximum absolute atomic E-state index is 11.2. The van der Waals surface area contributed by atoms with E-state index in [1.165, 1.54) is 0 Å². The van der Waals surface area contributed by atoms with Gasteiger partial charge in [0.05, 0.1) is 11.9 Å². The molecule has 0 N–H and O–H groups in total. The van der Waals surface area contributed by atoms with Crippen molar-refractivity contribution in [2.24, 2.45) is 0 Å². The lowest BCUT2D eigenvalue weighted by Gasteiger charge is -2.20. The summed E-state index contributed by atoms with van der Waals surface area (Å²) in [4.78, 5) is 0. The van der Waals surface area contributed by atoms with Gasteiger partial charge in [-0.1, -0.05) is 0 Å². The molecular weight excluding hydrogens is 212 g/mol. The number of hydrogen-bond donors (Lipinski definition) is 0. The Morgan fingerprint density at radius 1 is 1.31 bits per heavy atom. The first-order valence-electron chi connectivity index (χ1n) is 4.11. The summed E-state index contributed by atoms with van der Waals surface area (Å²) in [5.41, 5.74) is 0. The molecule has 2 heterocycles. The monoisotopic (exact) mass is 224 g/mol. The van der Waals surface area contributed by atoms with E-state index in [9.17, 15) is 8.42 Å². The molecule has 0 aromatic heterocycles. The van der Waals surface area contributed by atoms with Gasteiger partial charge in [-0.15, -0.1) is 0 Å². The zero-order chi connectivity index (χ0) is 9.69. The minimum Gasteiger partial charge on any atom is -0.344 e. The predicted molar refractivity (Wildman–Crippen MR) is 50.1 cm³/mol. The van der Waals surface area contributed by atoms with E-state index in [1.54, 1.807) is 0 Å². The highest BCUT2D eigenvalue weighted by atomic mass is 33.1. The quantitative estimate of drug-likeness (QED) is 0.563. The van der Waals surface area contributed by atoms with E-state index in [0.29, 0.717) is 5.75 Å². The first-order chi connectivity index (χ1) is 5.88. The molecule has 2 aliphatic rings. The van der Waals surface area contributed by atoms with E-state index in [-0.39, 0.29) is 18.0 Å². The van der Waals surface area contributed by atoms with E-state index in [2.05, 4.69) is 0 Å². The van der Waals surface area contributed by atoms with Crippen LogP contribution in [0.4, 0.5) is 0 Å². The van der Waals surface area contributed by atoms with E-state index >= 15 is 0 Å². The molecule has 2 saturated heterocycles. The van der Waals surface area contributed by atoms with Crippen molar-refractivity contribution in [3.05, 3.63) is 0 Å². The second-order valence-electron chi connectivity index (χ2n) is 3.72. The van der Waals surface area contributed by atoms with Gasteiger partial charge in [-0.25, -0.2) is 8.42 Å². The Kier molecular flexibility index (Phi) is 2.14. The highest BCUT2D eigenvalue weighted by Crippen LogP contribution is 2.36. The van der Waals surface area contributed by atoms with Crippen molar-refractivity contribution >= 4 is 19.7 Å². The van der Waals surface area contributed by atoms with Gasteiger partial charge in [0.1, 0.15) is 6.10 Å². The van der Waals surface area contributed by atoms with Crippen molar-refractivity contribution in [3.63, 3.8) is 0 Å². The molecule has 2 fully saturated rings. The smallest absolute Gasteiger partial charge is 0.204 e. The maximum atomic E-state index is 11.2. The summed E-state index contributed by atoms with van der Waals surface area (Å²) in [6.45, 7) is 3.62. The van der Waals surface area contributed by atoms with Crippen molar-refractivity contribution in [1.82, 2.24) is 0 Å². The normalized spacial score (nSPS) is 41.4. The van der Waals surface area contributed by atoms with Crippen LogP contribution in [0.5, 0.6) is 0 Å². The summed E-state index contributed by atoms with van der Waals surface area (Å²) in [5.74, 6) is -0.0715. The van der Waals surface area contributed by atoms with Gasteiger partial charge in [-0.2, -0.15) is 0 Å². The highest BCUT2D eigenvalue weighted by Gasteiger charge is 2.46. The second kappa shape index (κ2) is 2.85. The summed E-state index contributed by atoms with van der Waals surface area (Å²) < 4.78 is 33.5. The Labute approximate surface area is 81.3 Å². The number of rotatable bonds is 0. The third kappa shape index (κ3) is 2.01. The zero-order valence-electron chi connectivity index (χ0n) is 7.52. The van der Waals surface area contributed by atoms with E-state index in [0.717, 1.165) is 10.8 Å². The largest absolute Gasteiger partial charge is 0.344 e. The molecule has 0 spiro atoms. The van der Waals surface area contributed by atoms with Crippen LogP contribution >= 0.6 is 10.8 Å². The lowest BCUT2D eigenvalue weighted by Crippen LogP contribution is -2.36. The minimum absolute atomic E-state index is 0.0662. The minimum atomic E-state index is -2.98. The summed E-state index contributed by atoms with van der Waals surface area (Å²) in [6, 6.07) is 0. The molecule has 0 radical (unpaired) electrons. The average molecular weight is 224 g/mol. The van der Waals surface area contributed by atoms with Crippen LogP contribution < -0.4 is 0 Å². The molecule has 0 aromatic carbocycles. The molecule has 0 amide bonds. The van der Waals surface area contributed by atoms with Crippen LogP contribution in [0.15, 0.2) is 0 Å². The van der Waals surface area contributed by atoms with E-state index in [4.69, 9.17) is 9.47 Å². The van der Waals surface area contributed by atoms with Gasteiger partial charge in [-0.3, -0.25) is 0 Å². The standard InChI is InChI=1S/C7H12O4S2/c1-7(2)10-5-3-12-13(8,9)4-6(5)11-7/h5-6H,3-4H2,1-2H3. The Bertz CT molecular complexity index is 308.